The number of benzene rings is 2. The van der Waals surface area contributed by atoms with Crippen LogP contribution in [0.2, 0.25) is 0 Å². The number of hydrogen-bond donors (Lipinski definition) is 2. The van der Waals surface area contributed by atoms with E-state index in [2.05, 4.69) is 5.32 Å². The van der Waals surface area contributed by atoms with Gasteiger partial charge < -0.3 is 19.9 Å². The molecule has 0 saturated heterocycles. The zero-order valence-corrected chi connectivity index (χ0v) is 14.5. The molecule has 2 N–H and O–H groups in total. The van der Waals surface area contributed by atoms with Gasteiger partial charge in [-0.3, -0.25) is 9.59 Å². The average molecular weight is 361 g/mol. The predicted octanol–water partition coefficient (Wildman–Crippen LogP) is 2.83. The molecule has 0 bridgehead atoms. The number of carbonyl (C=O) groups is 2. The molecule has 0 aromatic heterocycles. The van der Waals surface area contributed by atoms with Crippen LogP contribution in [0.3, 0.4) is 0 Å². The zero-order chi connectivity index (χ0) is 19.1. The molecule has 7 heteroatoms. The van der Waals surface area contributed by atoms with Gasteiger partial charge in [0.25, 0.3) is 5.91 Å². The van der Waals surface area contributed by atoms with E-state index in [-0.39, 0.29) is 6.54 Å². The fraction of sp³-hybridized carbons (Fsp3) is 0.263. The minimum atomic E-state index is -1.11. The fourth-order valence-electron chi connectivity index (χ4n) is 2.42. The summed E-state index contributed by atoms with van der Waals surface area (Å²) in [5, 5.41) is 12.0. The maximum absolute atomic E-state index is 13.0. The van der Waals surface area contributed by atoms with Crippen molar-refractivity contribution in [1.82, 2.24) is 5.32 Å². The molecule has 0 aliphatic rings. The highest BCUT2D eigenvalue weighted by molar-refractivity contribution is 5.95. The van der Waals surface area contributed by atoms with Gasteiger partial charge in [0.1, 0.15) is 5.82 Å². The summed E-state index contributed by atoms with van der Waals surface area (Å²) in [6.07, 6.45) is 0. The molecule has 1 unspecified atom stereocenters. The van der Waals surface area contributed by atoms with Gasteiger partial charge >= 0.3 is 5.97 Å². The Labute approximate surface area is 150 Å². The lowest BCUT2D eigenvalue weighted by molar-refractivity contribution is -0.138. The average Bonchev–Trinajstić information content (AvgIpc) is 2.63. The van der Waals surface area contributed by atoms with Crippen molar-refractivity contribution in [2.75, 3.05) is 20.3 Å². The van der Waals surface area contributed by atoms with Gasteiger partial charge in [-0.05, 0) is 42.8 Å². The smallest absolute Gasteiger partial charge is 0.312 e. The van der Waals surface area contributed by atoms with Crippen LogP contribution in [0.25, 0.3) is 0 Å². The Morgan fingerprint density at radius 2 is 1.85 bits per heavy atom. The summed E-state index contributed by atoms with van der Waals surface area (Å²) in [7, 11) is 1.47. The van der Waals surface area contributed by atoms with Crippen molar-refractivity contribution in [3.8, 4) is 11.5 Å². The number of methoxy groups -OCH3 is 1. The summed E-state index contributed by atoms with van der Waals surface area (Å²) in [6.45, 7) is 2.16. The Hall–Kier alpha value is -3.09. The summed E-state index contributed by atoms with van der Waals surface area (Å²) in [4.78, 5) is 23.8. The van der Waals surface area contributed by atoms with Gasteiger partial charge in [0.2, 0.25) is 0 Å². The second-order valence-corrected chi connectivity index (χ2v) is 5.45. The van der Waals surface area contributed by atoms with Crippen molar-refractivity contribution in [3.05, 3.63) is 59.4 Å². The molecule has 0 aliphatic heterocycles. The topological polar surface area (TPSA) is 84.9 Å². The van der Waals surface area contributed by atoms with Crippen molar-refractivity contribution in [2.45, 2.75) is 12.8 Å². The van der Waals surface area contributed by atoms with Gasteiger partial charge in [-0.25, -0.2) is 4.39 Å². The molecular formula is C19H20FNO5. The molecule has 0 heterocycles. The molecule has 2 aromatic rings. The standard InChI is InChI=1S/C19H20FNO5/c1-3-26-16-9-6-13(10-17(16)25-2)18(22)21-11-15(19(23)24)12-4-7-14(20)8-5-12/h4-10,15H,3,11H2,1-2H3,(H,21,22)(H,23,24). The van der Waals surface area contributed by atoms with Crippen molar-refractivity contribution < 1.29 is 28.6 Å². The van der Waals surface area contributed by atoms with E-state index in [1.165, 1.54) is 37.4 Å². The third-order valence-electron chi connectivity index (χ3n) is 3.76. The normalized spacial score (nSPS) is 11.5. The van der Waals surface area contributed by atoms with E-state index in [0.717, 1.165) is 0 Å². The van der Waals surface area contributed by atoms with Gasteiger partial charge in [-0.2, -0.15) is 0 Å². The molecule has 0 spiro atoms. The van der Waals surface area contributed by atoms with Crippen LogP contribution in [-0.4, -0.2) is 37.2 Å². The number of rotatable bonds is 8. The highest BCUT2D eigenvalue weighted by Crippen LogP contribution is 2.28. The summed E-state index contributed by atoms with van der Waals surface area (Å²) in [6, 6.07) is 9.85. The second-order valence-electron chi connectivity index (χ2n) is 5.45. The Bertz CT molecular complexity index is 776. The highest BCUT2D eigenvalue weighted by Gasteiger charge is 2.21. The number of aliphatic carboxylic acids is 1. The van der Waals surface area contributed by atoms with Crippen molar-refractivity contribution >= 4 is 11.9 Å². The van der Waals surface area contributed by atoms with Crippen molar-refractivity contribution in [1.29, 1.82) is 0 Å². The molecule has 26 heavy (non-hydrogen) atoms. The Morgan fingerprint density at radius 3 is 2.42 bits per heavy atom. The summed E-state index contributed by atoms with van der Waals surface area (Å²) in [5.41, 5.74) is 0.719. The first kappa shape index (κ1) is 19.2. The third-order valence-corrected chi connectivity index (χ3v) is 3.76. The molecule has 2 rings (SSSR count). The first-order valence-corrected chi connectivity index (χ1v) is 8.03. The molecule has 6 nitrogen and oxygen atoms in total. The Kier molecular flexibility index (Phi) is 6.54. The van der Waals surface area contributed by atoms with Crippen LogP contribution in [0.4, 0.5) is 4.39 Å². The lowest BCUT2D eigenvalue weighted by atomic mass is 9.99. The van der Waals surface area contributed by atoms with Gasteiger partial charge in [-0.1, -0.05) is 12.1 Å². The molecule has 0 radical (unpaired) electrons. The van der Waals surface area contributed by atoms with Crippen molar-refractivity contribution in [2.24, 2.45) is 0 Å². The maximum atomic E-state index is 13.0. The molecule has 1 amide bonds. The summed E-state index contributed by atoms with van der Waals surface area (Å²) < 4.78 is 23.6. The van der Waals surface area contributed by atoms with Crippen LogP contribution >= 0.6 is 0 Å². The van der Waals surface area contributed by atoms with Crippen LogP contribution in [0.5, 0.6) is 11.5 Å². The van der Waals surface area contributed by atoms with Gasteiger partial charge in [0.15, 0.2) is 11.5 Å². The molecular weight excluding hydrogens is 341 g/mol. The quantitative estimate of drug-likeness (QED) is 0.755. The van der Waals surface area contributed by atoms with Crippen LogP contribution < -0.4 is 14.8 Å². The summed E-state index contributed by atoms with van der Waals surface area (Å²) >= 11 is 0. The third kappa shape index (κ3) is 4.72. The van der Waals surface area contributed by atoms with E-state index in [1.807, 2.05) is 6.92 Å². The first-order valence-electron chi connectivity index (χ1n) is 8.03. The molecule has 138 valence electrons. The molecule has 0 fully saturated rings. The second kappa shape index (κ2) is 8.84. The number of nitrogens with one attached hydrogen (secondary N) is 1. The summed E-state index contributed by atoms with van der Waals surface area (Å²) in [5.74, 6) is -2.07. The largest absolute Gasteiger partial charge is 0.493 e. The number of amides is 1. The fourth-order valence-corrected chi connectivity index (χ4v) is 2.42. The minimum absolute atomic E-state index is 0.130. The van der Waals surface area contributed by atoms with E-state index in [9.17, 15) is 19.1 Å². The number of hydrogen-bond acceptors (Lipinski definition) is 4. The SMILES string of the molecule is CCOc1ccc(C(=O)NCC(C(=O)O)c2ccc(F)cc2)cc1OC. The first-order chi connectivity index (χ1) is 12.5. The van der Waals surface area contributed by atoms with Gasteiger partial charge in [-0.15, -0.1) is 0 Å². The maximum Gasteiger partial charge on any atom is 0.312 e. The lowest BCUT2D eigenvalue weighted by Crippen LogP contribution is -2.31. The number of ether oxygens (including phenoxy) is 2. The van der Waals surface area contributed by atoms with E-state index in [1.54, 1.807) is 12.1 Å². The zero-order valence-electron chi connectivity index (χ0n) is 14.5. The highest BCUT2D eigenvalue weighted by atomic mass is 19.1. The number of carboxylic acid groups (broad SMARTS) is 1. The monoisotopic (exact) mass is 361 g/mol. The van der Waals surface area contributed by atoms with Crippen molar-refractivity contribution in [3.63, 3.8) is 0 Å². The lowest BCUT2D eigenvalue weighted by Gasteiger charge is -2.15. The predicted molar refractivity (Wildman–Crippen MR) is 93.3 cm³/mol. The molecule has 0 aliphatic carbocycles. The van der Waals surface area contributed by atoms with Gasteiger partial charge in [0.05, 0.1) is 19.6 Å². The van der Waals surface area contributed by atoms with E-state index in [0.29, 0.717) is 29.2 Å². The number of carbonyl (C=O) groups excluding carboxylic acids is 1. The minimum Gasteiger partial charge on any atom is -0.493 e. The van der Waals surface area contributed by atoms with Crippen LogP contribution in [0, 0.1) is 5.82 Å². The molecule has 1 atom stereocenters. The van der Waals surface area contributed by atoms with Crippen LogP contribution in [0.15, 0.2) is 42.5 Å². The molecule has 2 aromatic carbocycles. The Balaban J connectivity index is 2.10. The van der Waals surface area contributed by atoms with E-state index >= 15 is 0 Å². The van der Waals surface area contributed by atoms with Crippen LogP contribution in [-0.2, 0) is 4.79 Å². The van der Waals surface area contributed by atoms with E-state index < -0.39 is 23.6 Å². The van der Waals surface area contributed by atoms with Crippen LogP contribution in [0.1, 0.15) is 28.8 Å². The molecule has 0 saturated carbocycles. The Morgan fingerprint density at radius 1 is 1.15 bits per heavy atom. The number of carboxylic acids is 1. The number of halogens is 1. The van der Waals surface area contributed by atoms with E-state index in [4.69, 9.17) is 9.47 Å². The van der Waals surface area contributed by atoms with Gasteiger partial charge in [0, 0.05) is 12.1 Å².